The molecular formula is C8H8BrNO2. The molecule has 2 rings (SSSR count). The van der Waals surface area contributed by atoms with Crippen molar-refractivity contribution in [2.24, 2.45) is 5.92 Å². The van der Waals surface area contributed by atoms with Crippen molar-refractivity contribution in [3.63, 3.8) is 0 Å². The van der Waals surface area contributed by atoms with Crippen LogP contribution < -0.4 is 5.32 Å². The first-order valence-electron chi connectivity index (χ1n) is 3.77. The lowest BCUT2D eigenvalue weighted by Crippen LogP contribution is -2.46. The third kappa shape index (κ3) is 1.21. The Morgan fingerprint density at radius 2 is 2.42 bits per heavy atom. The molecule has 0 radical (unpaired) electrons. The third-order valence-corrected chi connectivity index (χ3v) is 2.62. The average molecular weight is 230 g/mol. The molecule has 1 fully saturated rings. The monoisotopic (exact) mass is 229 g/mol. The van der Waals surface area contributed by atoms with Gasteiger partial charge in [-0.2, -0.15) is 0 Å². The lowest BCUT2D eigenvalue weighted by molar-refractivity contribution is 0.0848. The molecule has 0 amide bonds. The lowest BCUT2D eigenvalue weighted by Gasteiger charge is -2.24. The van der Waals surface area contributed by atoms with Gasteiger partial charge in [0.25, 0.3) is 0 Å². The van der Waals surface area contributed by atoms with Gasteiger partial charge in [0.15, 0.2) is 5.76 Å². The molecule has 1 saturated heterocycles. The Morgan fingerprint density at radius 3 is 2.83 bits per heavy atom. The van der Waals surface area contributed by atoms with Gasteiger partial charge < -0.3 is 9.73 Å². The predicted molar refractivity (Wildman–Crippen MR) is 47.1 cm³/mol. The maximum absolute atomic E-state index is 11.5. The molecule has 1 aromatic rings. The first kappa shape index (κ1) is 8.01. The van der Waals surface area contributed by atoms with Gasteiger partial charge in [-0.25, -0.2) is 0 Å². The van der Waals surface area contributed by atoms with Crippen molar-refractivity contribution in [3.8, 4) is 0 Å². The zero-order chi connectivity index (χ0) is 8.55. The minimum atomic E-state index is 0.0885. The third-order valence-electron chi connectivity index (χ3n) is 1.99. The van der Waals surface area contributed by atoms with Crippen LogP contribution in [-0.2, 0) is 0 Å². The SMILES string of the molecule is O=C(c1occc1Br)C1CNC1. The summed E-state index contributed by atoms with van der Waals surface area (Å²) in [4.78, 5) is 11.5. The van der Waals surface area contributed by atoms with E-state index in [1.165, 1.54) is 6.26 Å². The highest BCUT2D eigenvalue weighted by atomic mass is 79.9. The second kappa shape index (κ2) is 3.03. The molecule has 1 aromatic heterocycles. The quantitative estimate of drug-likeness (QED) is 0.781. The Morgan fingerprint density at radius 1 is 1.67 bits per heavy atom. The molecule has 0 aromatic carbocycles. The van der Waals surface area contributed by atoms with Crippen LogP contribution in [0.5, 0.6) is 0 Å². The number of carbonyl (C=O) groups is 1. The number of rotatable bonds is 2. The Labute approximate surface area is 78.3 Å². The minimum absolute atomic E-state index is 0.0885. The second-order valence-electron chi connectivity index (χ2n) is 2.82. The van der Waals surface area contributed by atoms with Gasteiger partial charge in [0.05, 0.1) is 16.7 Å². The van der Waals surface area contributed by atoms with Crippen molar-refractivity contribution in [2.45, 2.75) is 0 Å². The molecule has 0 unspecified atom stereocenters. The normalized spacial score (nSPS) is 17.4. The van der Waals surface area contributed by atoms with E-state index in [1.54, 1.807) is 6.07 Å². The summed E-state index contributed by atoms with van der Waals surface area (Å²) in [6.07, 6.45) is 1.52. The average Bonchev–Trinajstić information content (AvgIpc) is 2.31. The number of hydrogen-bond donors (Lipinski definition) is 1. The van der Waals surface area contributed by atoms with Crippen molar-refractivity contribution < 1.29 is 9.21 Å². The topological polar surface area (TPSA) is 42.2 Å². The highest BCUT2D eigenvalue weighted by molar-refractivity contribution is 9.10. The van der Waals surface area contributed by atoms with Crippen LogP contribution in [0.25, 0.3) is 0 Å². The van der Waals surface area contributed by atoms with Gasteiger partial charge >= 0.3 is 0 Å². The molecule has 1 aliphatic rings. The summed E-state index contributed by atoms with van der Waals surface area (Å²) in [5.41, 5.74) is 0. The first-order valence-corrected chi connectivity index (χ1v) is 4.56. The second-order valence-corrected chi connectivity index (χ2v) is 3.67. The van der Waals surface area contributed by atoms with E-state index >= 15 is 0 Å². The summed E-state index contributed by atoms with van der Waals surface area (Å²) in [5, 5.41) is 3.05. The summed E-state index contributed by atoms with van der Waals surface area (Å²) in [7, 11) is 0. The predicted octanol–water partition coefficient (Wildman–Crippen LogP) is 1.44. The highest BCUT2D eigenvalue weighted by Gasteiger charge is 2.29. The number of carbonyl (C=O) groups excluding carboxylic acids is 1. The van der Waals surface area contributed by atoms with Gasteiger partial charge in [-0.1, -0.05) is 0 Å². The van der Waals surface area contributed by atoms with E-state index in [2.05, 4.69) is 21.2 Å². The maximum Gasteiger partial charge on any atom is 0.204 e. The number of ketones is 1. The molecule has 1 N–H and O–H groups in total. The smallest absolute Gasteiger partial charge is 0.204 e. The van der Waals surface area contributed by atoms with Gasteiger partial charge in [0, 0.05) is 13.1 Å². The van der Waals surface area contributed by atoms with Crippen molar-refractivity contribution in [2.75, 3.05) is 13.1 Å². The maximum atomic E-state index is 11.5. The van der Waals surface area contributed by atoms with Crippen molar-refractivity contribution in [3.05, 3.63) is 22.6 Å². The zero-order valence-corrected chi connectivity index (χ0v) is 7.93. The number of Topliss-reactive ketones (excluding diaryl/α,β-unsaturated/α-hetero) is 1. The van der Waals surface area contributed by atoms with Crippen LogP contribution in [0, 0.1) is 5.92 Å². The van der Waals surface area contributed by atoms with E-state index in [9.17, 15) is 4.79 Å². The molecule has 0 aliphatic carbocycles. The molecule has 64 valence electrons. The largest absolute Gasteiger partial charge is 0.460 e. The molecule has 12 heavy (non-hydrogen) atoms. The fourth-order valence-electron chi connectivity index (χ4n) is 1.13. The van der Waals surface area contributed by atoms with E-state index in [0.29, 0.717) is 5.76 Å². The Hall–Kier alpha value is -0.610. The van der Waals surface area contributed by atoms with Crippen LogP contribution >= 0.6 is 15.9 Å². The highest BCUT2D eigenvalue weighted by Crippen LogP contribution is 2.22. The Kier molecular flexibility index (Phi) is 2.02. The Bertz CT molecular complexity index is 304. The summed E-state index contributed by atoms with van der Waals surface area (Å²) in [6, 6.07) is 1.74. The first-order chi connectivity index (χ1) is 5.79. The molecular weight excluding hydrogens is 222 g/mol. The van der Waals surface area contributed by atoms with E-state index in [0.717, 1.165) is 17.6 Å². The van der Waals surface area contributed by atoms with Gasteiger partial charge in [-0.15, -0.1) is 0 Å². The summed E-state index contributed by atoms with van der Waals surface area (Å²) in [5.74, 6) is 0.638. The molecule has 1 aliphatic heterocycles. The van der Waals surface area contributed by atoms with E-state index < -0.39 is 0 Å². The number of furan rings is 1. The van der Waals surface area contributed by atoms with Crippen molar-refractivity contribution in [1.82, 2.24) is 5.32 Å². The lowest BCUT2D eigenvalue weighted by atomic mass is 9.96. The number of nitrogens with one attached hydrogen (secondary N) is 1. The molecule has 0 atom stereocenters. The number of hydrogen-bond acceptors (Lipinski definition) is 3. The number of halogens is 1. The summed E-state index contributed by atoms with van der Waals surface area (Å²) in [6.45, 7) is 1.54. The molecule has 0 spiro atoms. The van der Waals surface area contributed by atoms with Crippen molar-refractivity contribution in [1.29, 1.82) is 0 Å². The van der Waals surface area contributed by atoms with Crippen LogP contribution in [0.15, 0.2) is 21.2 Å². The standard InChI is InChI=1S/C8H8BrNO2/c9-6-1-2-12-8(6)7(11)5-3-10-4-5/h1-2,5,10H,3-4H2. The minimum Gasteiger partial charge on any atom is -0.460 e. The van der Waals surface area contributed by atoms with Gasteiger partial charge in [0.1, 0.15) is 0 Å². The summed E-state index contributed by atoms with van der Waals surface area (Å²) >= 11 is 3.25. The van der Waals surface area contributed by atoms with Gasteiger partial charge in [-0.05, 0) is 22.0 Å². The van der Waals surface area contributed by atoms with E-state index in [-0.39, 0.29) is 11.7 Å². The molecule has 0 saturated carbocycles. The van der Waals surface area contributed by atoms with Gasteiger partial charge in [0.2, 0.25) is 5.78 Å². The Balaban J connectivity index is 2.19. The van der Waals surface area contributed by atoms with E-state index in [4.69, 9.17) is 4.42 Å². The summed E-state index contributed by atoms with van der Waals surface area (Å²) < 4.78 is 5.81. The van der Waals surface area contributed by atoms with E-state index in [1.807, 2.05) is 0 Å². The van der Waals surface area contributed by atoms with Crippen LogP contribution in [-0.4, -0.2) is 18.9 Å². The van der Waals surface area contributed by atoms with Crippen LogP contribution in [0.3, 0.4) is 0 Å². The van der Waals surface area contributed by atoms with Crippen LogP contribution in [0.2, 0.25) is 0 Å². The fourth-order valence-corrected chi connectivity index (χ4v) is 1.53. The van der Waals surface area contributed by atoms with Gasteiger partial charge in [-0.3, -0.25) is 4.79 Å². The van der Waals surface area contributed by atoms with Crippen LogP contribution in [0.4, 0.5) is 0 Å². The fraction of sp³-hybridized carbons (Fsp3) is 0.375. The molecule has 3 nitrogen and oxygen atoms in total. The van der Waals surface area contributed by atoms with Crippen molar-refractivity contribution >= 4 is 21.7 Å². The zero-order valence-electron chi connectivity index (χ0n) is 6.34. The molecule has 2 heterocycles. The van der Waals surface area contributed by atoms with Crippen LogP contribution in [0.1, 0.15) is 10.6 Å². The molecule has 0 bridgehead atoms. The molecule has 4 heteroatoms.